The van der Waals surface area contributed by atoms with Crippen LogP contribution in [0.3, 0.4) is 0 Å². The van der Waals surface area contributed by atoms with Crippen LogP contribution in [-0.2, 0) is 10.2 Å². The number of hydrogen-bond acceptors (Lipinski definition) is 2. The van der Waals surface area contributed by atoms with Gasteiger partial charge in [0.05, 0.1) is 5.41 Å². The van der Waals surface area contributed by atoms with Crippen molar-refractivity contribution in [3.8, 4) is 0 Å². The molecule has 2 nitrogen and oxygen atoms in total. The minimum absolute atomic E-state index is 0.123. The van der Waals surface area contributed by atoms with Gasteiger partial charge in [0.15, 0.2) is 0 Å². The van der Waals surface area contributed by atoms with E-state index in [9.17, 15) is 4.79 Å². The van der Waals surface area contributed by atoms with Crippen LogP contribution in [0.15, 0.2) is 59.5 Å². The van der Waals surface area contributed by atoms with Gasteiger partial charge in [0.25, 0.3) is 0 Å². The molecule has 0 heterocycles. The molecule has 3 heteroatoms. The van der Waals surface area contributed by atoms with E-state index in [0.29, 0.717) is 0 Å². The number of amides is 1. The Bertz CT molecular complexity index is 635. The van der Waals surface area contributed by atoms with Gasteiger partial charge in [-0.3, -0.25) is 4.79 Å². The second kappa shape index (κ2) is 5.94. The number of nitrogens with one attached hydrogen (secondary N) is 1. The van der Waals surface area contributed by atoms with Crippen LogP contribution in [0.1, 0.15) is 24.8 Å². The Balaban J connectivity index is 1.83. The summed E-state index contributed by atoms with van der Waals surface area (Å²) in [6.07, 6.45) is 5.03. The zero-order valence-electron chi connectivity index (χ0n) is 12.1. The van der Waals surface area contributed by atoms with Gasteiger partial charge < -0.3 is 5.32 Å². The number of rotatable bonds is 4. The molecule has 1 fully saturated rings. The highest BCUT2D eigenvalue weighted by atomic mass is 32.2. The molecule has 0 bridgehead atoms. The topological polar surface area (TPSA) is 29.1 Å². The smallest absolute Gasteiger partial charge is 0.235 e. The minimum atomic E-state index is -0.337. The first-order chi connectivity index (χ1) is 10.2. The van der Waals surface area contributed by atoms with Gasteiger partial charge in [-0.1, -0.05) is 42.8 Å². The van der Waals surface area contributed by atoms with E-state index in [-0.39, 0.29) is 11.3 Å². The molecule has 2 aromatic rings. The first-order valence-corrected chi connectivity index (χ1v) is 8.48. The van der Waals surface area contributed by atoms with Gasteiger partial charge in [0.2, 0.25) is 5.91 Å². The molecule has 1 aliphatic carbocycles. The maximum atomic E-state index is 12.8. The van der Waals surface area contributed by atoms with Crippen LogP contribution in [0.4, 0.5) is 5.69 Å². The first-order valence-electron chi connectivity index (χ1n) is 7.26. The second-order valence-electron chi connectivity index (χ2n) is 5.49. The van der Waals surface area contributed by atoms with Crippen molar-refractivity contribution in [1.82, 2.24) is 0 Å². The largest absolute Gasteiger partial charge is 0.325 e. The van der Waals surface area contributed by atoms with E-state index >= 15 is 0 Å². The van der Waals surface area contributed by atoms with Crippen LogP contribution < -0.4 is 5.32 Å². The Morgan fingerprint density at radius 2 is 1.86 bits per heavy atom. The maximum absolute atomic E-state index is 12.8. The average Bonchev–Trinajstić information content (AvgIpc) is 2.47. The Morgan fingerprint density at radius 3 is 2.48 bits per heavy atom. The third-order valence-electron chi connectivity index (χ3n) is 4.30. The lowest BCUT2D eigenvalue weighted by atomic mass is 9.64. The van der Waals surface area contributed by atoms with Crippen LogP contribution in [0.2, 0.25) is 0 Å². The molecule has 0 aliphatic heterocycles. The summed E-state index contributed by atoms with van der Waals surface area (Å²) >= 11 is 1.68. The zero-order chi connectivity index (χ0) is 14.7. The molecule has 1 amide bonds. The van der Waals surface area contributed by atoms with Gasteiger partial charge in [-0.2, -0.15) is 0 Å². The molecule has 1 N–H and O–H groups in total. The molecule has 2 aromatic carbocycles. The van der Waals surface area contributed by atoms with Crippen molar-refractivity contribution in [2.45, 2.75) is 29.6 Å². The lowest BCUT2D eigenvalue weighted by Gasteiger charge is -2.40. The van der Waals surface area contributed by atoms with E-state index in [4.69, 9.17) is 0 Å². The average molecular weight is 297 g/mol. The summed E-state index contributed by atoms with van der Waals surface area (Å²) < 4.78 is 0. The summed E-state index contributed by atoms with van der Waals surface area (Å²) in [6.45, 7) is 0. The van der Waals surface area contributed by atoms with Crippen molar-refractivity contribution in [3.63, 3.8) is 0 Å². The van der Waals surface area contributed by atoms with Crippen molar-refractivity contribution < 1.29 is 4.79 Å². The van der Waals surface area contributed by atoms with Crippen LogP contribution in [0.5, 0.6) is 0 Å². The summed E-state index contributed by atoms with van der Waals surface area (Å²) in [5, 5.41) is 3.11. The van der Waals surface area contributed by atoms with E-state index < -0.39 is 0 Å². The second-order valence-corrected chi connectivity index (χ2v) is 6.37. The molecule has 0 aromatic heterocycles. The van der Waals surface area contributed by atoms with Gasteiger partial charge in [-0.05, 0) is 42.9 Å². The molecule has 0 unspecified atom stereocenters. The van der Waals surface area contributed by atoms with Crippen LogP contribution in [-0.4, -0.2) is 12.2 Å². The molecule has 108 valence electrons. The lowest BCUT2D eigenvalue weighted by Crippen LogP contribution is -2.45. The number of carbonyl (C=O) groups is 1. The van der Waals surface area contributed by atoms with Crippen LogP contribution in [0.25, 0.3) is 0 Å². The van der Waals surface area contributed by atoms with Crippen molar-refractivity contribution in [2.75, 3.05) is 11.6 Å². The SMILES string of the molecule is CSc1cccc(NC(=O)C2(c3ccccc3)CCC2)c1. The fourth-order valence-corrected chi connectivity index (χ4v) is 3.35. The van der Waals surface area contributed by atoms with E-state index in [0.717, 1.165) is 35.4 Å². The molecular formula is C18H19NOS. The summed E-state index contributed by atoms with van der Waals surface area (Å²) in [4.78, 5) is 14.0. The van der Waals surface area contributed by atoms with Crippen molar-refractivity contribution in [1.29, 1.82) is 0 Å². The fraction of sp³-hybridized carbons (Fsp3) is 0.278. The molecule has 1 saturated carbocycles. The first kappa shape index (κ1) is 14.2. The van der Waals surface area contributed by atoms with Gasteiger partial charge in [-0.25, -0.2) is 0 Å². The zero-order valence-corrected chi connectivity index (χ0v) is 13.0. The normalized spacial score (nSPS) is 16.0. The molecule has 0 radical (unpaired) electrons. The molecule has 0 spiro atoms. The Hall–Kier alpha value is -1.74. The highest BCUT2D eigenvalue weighted by Crippen LogP contribution is 2.44. The molecule has 1 aliphatic rings. The Labute approximate surface area is 130 Å². The standard InChI is InChI=1S/C18H19NOS/c1-21-16-10-5-9-15(13-16)19-17(20)18(11-6-12-18)14-7-3-2-4-8-14/h2-5,7-10,13H,6,11-12H2,1H3,(H,19,20). The molecule has 3 rings (SSSR count). The number of carbonyl (C=O) groups excluding carboxylic acids is 1. The van der Waals surface area contributed by atoms with Gasteiger partial charge >= 0.3 is 0 Å². The van der Waals surface area contributed by atoms with Crippen LogP contribution >= 0.6 is 11.8 Å². The summed E-state index contributed by atoms with van der Waals surface area (Å²) in [5.74, 6) is 0.123. The third-order valence-corrected chi connectivity index (χ3v) is 5.02. The highest BCUT2D eigenvalue weighted by molar-refractivity contribution is 7.98. The third kappa shape index (κ3) is 2.70. The Kier molecular flexibility index (Phi) is 4.02. The van der Waals surface area contributed by atoms with Gasteiger partial charge in [0, 0.05) is 10.6 Å². The minimum Gasteiger partial charge on any atom is -0.325 e. The van der Waals surface area contributed by atoms with E-state index in [1.807, 2.05) is 42.7 Å². The summed E-state index contributed by atoms with van der Waals surface area (Å²) in [7, 11) is 0. The van der Waals surface area contributed by atoms with Crippen molar-refractivity contribution in [3.05, 3.63) is 60.2 Å². The molecule has 0 atom stereocenters. The number of anilines is 1. The lowest BCUT2D eigenvalue weighted by molar-refractivity contribution is -0.124. The molecule has 0 saturated heterocycles. The van der Waals surface area contributed by atoms with E-state index in [2.05, 4.69) is 23.5 Å². The predicted molar refractivity (Wildman–Crippen MR) is 88.8 cm³/mol. The monoisotopic (exact) mass is 297 g/mol. The highest BCUT2D eigenvalue weighted by Gasteiger charge is 2.45. The number of hydrogen-bond donors (Lipinski definition) is 1. The van der Waals surface area contributed by atoms with E-state index in [1.54, 1.807) is 11.8 Å². The van der Waals surface area contributed by atoms with Gasteiger partial charge in [-0.15, -0.1) is 11.8 Å². The number of benzene rings is 2. The van der Waals surface area contributed by atoms with Crippen molar-refractivity contribution in [2.24, 2.45) is 0 Å². The predicted octanol–water partition coefficient (Wildman–Crippen LogP) is 4.47. The molecule has 21 heavy (non-hydrogen) atoms. The van der Waals surface area contributed by atoms with Crippen molar-refractivity contribution >= 4 is 23.4 Å². The fourth-order valence-electron chi connectivity index (χ4n) is 2.89. The van der Waals surface area contributed by atoms with E-state index in [1.165, 1.54) is 0 Å². The summed E-state index contributed by atoms with van der Waals surface area (Å²) in [6, 6.07) is 18.2. The quantitative estimate of drug-likeness (QED) is 0.844. The number of thioether (sulfide) groups is 1. The Morgan fingerprint density at radius 1 is 1.10 bits per heavy atom. The summed E-state index contributed by atoms with van der Waals surface area (Å²) in [5.41, 5.74) is 1.68. The van der Waals surface area contributed by atoms with Crippen LogP contribution in [0, 0.1) is 0 Å². The van der Waals surface area contributed by atoms with Gasteiger partial charge in [0.1, 0.15) is 0 Å². The molecular weight excluding hydrogens is 278 g/mol. The maximum Gasteiger partial charge on any atom is 0.235 e.